The van der Waals surface area contributed by atoms with Crippen molar-refractivity contribution in [3.05, 3.63) is 42.0 Å². The fourth-order valence-corrected chi connectivity index (χ4v) is 1.83. The molecule has 4 heteroatoms. The molecule has 1 heterocycles. The normalized spacial score (nSPS) is 11.1. The molecule has 18 heavy (non-hydrogen) atoms. The van der Waals surface area contributed by atoms with Gasteiger partial charge in [-0.3, -0.25) is 4.99 Å². The predicted molar refractivity (Wildman–Crippen MR) is 72.8 cm³/mol. The van der Waals surface area contributed by atoms with E-state index in [1.165, 1.54) is 0 Å². The van der Waals surface area contributed by atoms with Crippen LogP contribution in [-0.4, -0.2) is 22.9 Å². The summed E-state index contributed by atoms with van der Waals surface area (Å²) in [5.74, 6) is 1.81. The van der Waals surface area contributed by atoms with Crippen molar-refractivity contribution in [2.24, 2.45) is 4.99 Å². The second-order valence-corrected chi connectivity index (χ2v) is 4.07. The Morgan fingerprint density at radius 1 is 1.39 bits per heavy atom. The lowest BCUT2D eigenvalue weighted by Gasteiger charge is -2.07. The summed E-state index contributed by atoms with van der Waals surface area (Å²) in [4.78, 5) is 8.62. The molecule has 0 saturated heterocycles. The minimum Gasteiger partial charge on any atom is -0.494 e. The zero-order chi connectivity index (χ0) is 13.0. The average molecular weight is 243 g/mol. The molecule has 1 aromatic heterocycles. The van der Waals surface area contributed by atoms with Gasteiger partial charge < -0.3 is 9.30 Å². The topological polar surface area (TPSA) is 39.4 Å². The molecule has 0 bridgehead atoms. The summed E-state index contributed by atoms with van der Waals surface area (Å²) in [5.41, 5.74) is 1.95. The van der Waals surface area contributed by atoms with E-state index in [-0.39, 0.29) is 0 Å². The summed E-state index contributed by atoms with van der Waals surface area (Å²) in [6, 6.07) is 5.94. The smallest absolute Gasteiger partial charge is 0.147 e. The first kappa shape index (κ1) is 12.4. The summed E-state index contributed by atoms with van der Waals surface area (Å²) in [6.45, 7) is 4.70. The lowest BCUT2D eigenvalue weighted by molar-refractivity contribution is 0.413. The van der Waals surface area contributed by atoms with Gasteiger partial charge in [-0.15, -0.1) is 0 Å². The molecule has 0 radical (unpaired) electrons. The second-order valence-electron chi connectivity index (χ2n) is 4.07. The Hall–Kier alpha value is -2.10. The molecule has 4 nitrogen and oxygen atoms in total. The summed E-state index contributed by atoms with van der Waals surface area (Å²) < 4.78 is 7.39. The van der Waals surface area contributed by atoms with Gasteiger partial charge in [0.25, 0.3) is 0 Å². The summed E-state index contributed by atoms with van der Waals surface area (Å²) in [6.07, 6.45) is 5.59. The highest BCUT2D eigenvalue weighted by Crippen LogP contribution is 2.30. The van der Waals surface area contributed by atoms with Gasteiger partial charge in [0.2, 0.25) is 0 Å². The number of nitrogens with zero attached hydrogens (tertiary/aromatic N) is 3. The van der Waals surface area contributed by atoms with Crippen molar-refractivity contribution in [2.45, 2.75) is 20.4 Å². The van der Waals surface area contributed by atoms with Crippen LogP contribution < -0.4 is 4.74 Å². The van der Waals surface area contributed by atoms with Crippen molar-refractivity contribution in [2.75, 3.05) is 7.11 Å². The van der Waals surface area contributed by atoms with E-state index in [2.05, 4.69) is 9.98 Å². The third-order valence-corrected chi connectivity index (χ3v) is 2.83. The molecule has 0 spiro atoms. The minimum absolute atomic E-state index is 0.711. The van der Waals surface area contributed by atoms with E-state index in [0.29, 0.717) is 6.54 Å². The van der Waals surface area contributed by atoms with Gasteiger partial charge in [-0.05, 0) is 25.5 Å². The Balaban J connectivity index is 2.14. The molecule has 2 rings (SSSR count). The maximum absolute atomic E-state index is 5.35. The zero-order valence-electron chi connectivity index (χ0n) is 10.9. The van der Waals surface area contributed by atoms with Crippen molar-refractivity contribution in [1.82, 2.24) is 9.55 Å². The molecule has 0 amide bonds. The van der Waals surface area contributed by atoms with E-state index in [4.69, 9.17) is 4.74 Å². The van der Waals surface area contributed by atoms with Gasteiger partial charge in [0.1, 0.15) is 17.3 Å². The third-order valence-electron chi connectivity index (χ3n) is 2.83. The van der Waals surface area contributed by atoms with Gasteiger partial charge in [-0.2, -0.15) is 0 Å². The number of ether oxygens (including phenoxy) is 1. The first-order valence-corrected chi connectivity index (χ1v) is 5.86. The lowest BCUT2D eigenvalue weighted by Crippen LogP contribution is -1.99. The molecule has 0 aliphatic carbocycles. The largest absolute Gasteiger partial charge is 0.494 e. The molecule has 0 fully saturated rings. The van der Waals surface area contributed by atoms with Crippen molar-refractivity contribution in [1.29, 1.82) is 0 Å². The molecule has 2 aromatic rings. The van der Waals surface area contributed by atoms with Crippen LogP contribution in [0.4, 0.5) is 5.69 Å². The van der Waals surface area contributed by atoms with E-state index in [1.807, 2.05) is 49.0 Å². The Morgan fingerprint density at radius 3 is 2.89 bits per heavy atom. The average Bonchev–Trinajstić information content (AvgIpc) is 2.75. The highest BCUT2D eigenvalue weighted by molar-refractivity contribution is 5.67. The quantitative estimate of drug-likeness (QED) is 0.774. The van der Waals surface area contributed by atoms with Crippen LogP contribution in [0.3, 0.4) is 0 Å². The van der Waals surface area contributed by atoms with E-state index in [9.17, 15) is 0 Å². The fourth-order valence-electron chi connectivity index (χ4n) is 1.83. The fraction of sp³-hybridized carbons (Fsp3) is 0.286. The third kappa shape index (κ3) is 2.59. The highest BCUT2D eigenvalue weighted by atomic mass is 16.5. The van der Waals surface area contributed by atoms with Crippen LogP contribution >= 0.6 is 0 Å². The zero-order valence-corrected chi connectivity index (χ0v) is 10.9. The van der Waals surface area contributed by atoms with Gasteiger partial charge in [0.05, 0.1) is 13.7 Å². The number of aryl methyl sites for hydroxylation is 2. The Kier molecular flexibility index (Phi) is 3.77. The standard InChI is InChI=1S/C14H17N3O/c1-11-5-4-6-13(14(11)18-3)16-8-10-17-9-7-15-12(17)2/h4-9H,10H2,1-3H3. The number of hydrogen-bond acceptors (Lipinski definition) is 3. The van der Waals surface area contributed by atoms with Gasteiger partial charge >= 0.3 is 0 Å². The number of para-hydroxylation sites is 1. The van der Waals surface area contributed by atoms with Crippen LogP contribution in [0.1, 0.15) is 11.4 Å². The van der Waals surface area contributed by atoms with Crippen LogP contribution in [0.15, 0.2) is 35.6 Å². The highest BCUT2D eigenvalue weighted by Gasteiger charge is 2.03. The van der Waals surface area contributed by atoms with Gasteiger partial charge in [0, 0.05) is 18.6 Å². The predicted octanol–water partition coefficient (Wildman–Crippen LogP) is 2.91. The first-order chi connectivity index (χ1) is 8.72. The van der Waals surface area contributed by atoms with Gasteiger partial charge in [0.15, 0.2) is 0 Å². The number of aromatic nitrogens is 2. The van der Waals surface area contributed by atoms with Gasteiger partial charge in [-0.1, -0.05) is 12.1 Å². The van der Waals surface area contributed by atoms with Crippen molar-refractivity contribution < 1.29 is 4.74 Å². The molecule has 0 N–H and O–H groups in total. The molecule has 0 atom stereocenters. The van der Waals surface area contributed by atoms with E-state index >= 15 is 0 Å². The molecule has 0 aliphatic rings. The maximum Gasteiger partial charge on any atom is 0.147 e. The Labute approximate surface area is 107 Å². The monoisotopic (exact) mass is 243 g/mol. The number of benzene rings is 1. The summed E-state index contributed by atoms with van der Waals surface area (Å²) >= 11 is 0. The molecule has 1 aromatic carbocycles. The first-order valence-electron chi connectivity index (χ1n) is 5.86. The maximum atomic E-state index is 5.35. The lowest BCUT2D eigenvalue weighted by atomic mass is 10.2. The van der Waals surface area contributed by atoms with Gasteiger partial charge in [-0.25, -0.2) is 4.98 Å². The van der Waals surface area contributed by atoms with E-state index in [1.54, 1.807) is 13.3 Å². The van der Waals surface area contributed by atoms with Crippen LogP contribution in [0.5, 0.6) is 5.75 Å². The molecular weight excluding hydrogens is 226 g/mol. The van der Waals surface area contributed by atoms with Crippen LogP contribution in [0, 0.1) is 13.8 Å². The number of rotatable bonds is 4. The molecule has 94 valence electrons. The van der Waals surface area contributed by atoms with Crippen LogP contribution in [0.2, 0.25) is 0 Å². The van der Waals surface area contributed by atoms with Crippen molar-refractivity contribution >= 4 is 11.9 Å². The molecule has 0 saturated carbocycles. The summed E-state index contributed by atoms with van der Waals surface area (Å²) in [5, 5.41) is 0. The second kappa shape index (κ2) is 5.49. The molecule has 0 aliphatic heterocycles. The summed E-state index contributed by atoms with van der Waals surface area (Å²) in [7, 11) is 1.67. The van der Waals surface area contributed by atoms with Crippen molar-refractivity contribution in [3.8, 4) is 5.75 Å². The Morgan fingerprint density at radius 2 is 2.22 bits per heavy atom. The van der Waals surface area contributed by atoms with Crippen LogP contribution in [0.25, 0.3) is 0 Å². The Bertz CT molecular complexity index is 558. The van der Waals surface area contributed by atoms with E-state index < -0.39 is 0 Å². The number of methoxy groups -OCH3 is 1. The van der Waals surface area contributed by atoms with Crippen molar-refractivity contribution in [3.63, 3.8) is 0 Å². The SMILES string of the molecule is COc1c(C)cccc1N=CCn1ccnc1C. The minimum atomic E-state index is 0.711. The molecule has 0 unspecified atom stereocenters. The number of hydrogen-bond donors (Lipinski definition) is 0. The number of aliphatic imine (C=N–C) groups is 1. The van der Waals surface area contributed by atoms with E-state index in [0.717, 1.165) is 22.8 Å². The molecular formula is C14H17N3O. The van der Waals surface area contributed by atoms with Crippen LogP contribution in [-0.2, 0) is 6.54 Å². The number of imidazole rings is 1.